The number of pyridine rings is 1. The van der Waals surface area contributed by atoms with Gasteiger partial charge in [-0.05, 0) is 50.9 Å². The van der Waals surface area contributed by atoms with Crippen LogP contribution in [0.4, 0.5) is 0 Å². The van der Waals surface area contributed by atoms with Crippen molar-refractivity contribution in [3.8, 4) is 33.9 Å². The highest BCUT2D eigenvalue weighted by Gasteiger charge is 2.20. The van der Waals surface area contributed by atoms with Gasteiger partial charge in [-0.1, -0.05) is 121 Å². The second-order valence-electron chi connectivity index (χ2n) is 10.0. The van der Waals surface area contributed by atoms with E-state index in [1.165, 1.54) is 32.7 Å². The molecule has 2 aromatic heterocycles. The molecule has 0 radical (unpaired) electrons. The number of hydrogen-bond acceptors (Lipinski definition) is 3. The molecule has 0 aliphatic rings. The summed E-state index contributed by atoms with van der Waals surface area (Å²) in [6, 6.07) is 48.6. The maximum Gasteiger partial charge on any atom is 0.179 e. The summed E-state index contributed by atoms with van der Waals surface area (Å²) in [6.07, 6.45) is 0. The monoisotopic (exact) mass is 509 g/mol. The Kier molecular flexibility index (Phi) is 5.14. The van der Waals surface area contributed by atoms with Gasteiger partial charge in [-0.2, -0.15) is 0 Å². The number of rotatable bonds is 3. The van der Waals surface area contributed by atoms with Crippen molar-refractivity contribution in [2.24, 2.45) is 0 Å². The molecule has 6 aromatic carbocycles. The molecular weight excluding hydrogens is 486 g/mol. The second kappa shape index (κ2) is 9.11. The van der Waals surface area contributed by atoms with Crippen LogP contribution >= 0.6 is 0 Å². The van der Waals surface area contributed by atoms with Crippen molar-refractivity contribution in [1.29, 1.82) is 0 Å². The van der Waals surface area contributed by atoms with Crippen molar-refractivity contribution >= 4 is 43.4 Å². The molecule has 0 saturated carbocycles. The maximum absolute atomic E-state index is 5.28. The third-order valence-electron chi connectivity index (χ3n) is 7.66. The predicted octanol–water partition coefficient (Wildman–Crippen LogP) is 9.49. The minimum atomic E-state index is 0.625. The highest BCUT2D eigenvalue weighted by Crippen LogP contribution is 2.44. The number of nitrogens with zero attached hydrogens (tertiary/aromatic N) is 3. The molecule has 40 heavy (non-hydrogen) atoms. The van der Waals surface area contributed by atoms with Crippen molar-refractivity contribution < 1.29 is 0 Å². The first kappa shape index (κ1) is 22.6. The van der Waals surface area contributed by atoms with Crippen LogP contribution in [0.25, 0.3) is 77.3 Å². The normalized spacial score (nSPS) is 11.5. The van der Waals surface area contributed by atoms with E-state index in [1.807, 2.05) is 30.3 Å². The zero-order valence-corrected chi connectivity index (χ0v) is 21.6. The molecule has 0 unspecified atom stereocenters. The summed E-state index contributed by atoms with van der Waals surface area (Å²) in [5, 5.41) is 6.86. The van der Waals surface area contributed by atoms with E-state index in [1.54, 1.807) is 0 Å². The van der Waals surface area contributed by atoms with Gasteiger partial charge in [0.05, 0.1) is 16.7 Å². The van der Waals surface area contributed by atoms with Crippen LogP contribution in [0.5, 0.6) is 0 Å². The van der Waals surface area contributed by atoms with E-state index < -0.39 is 0 Å². The Bertz CT molecular complexity index is 2160. The van der Waals surface area contributed by atoms with Crippen LogP contribution in [0.3, 0.4) is 0 Å². The fourth-order valence-electron chi connectivity index (χ4n) is 5.87. The molecule has 0 aliphatic carbocycles. The molecule has 2 heterocycles. The van der Waals surface area contributed by atoms with Gasteiger partial charge in [0.2, 0.25) is 0 Å². The highest BCUT2D eigenvalue weighted by atomic mass is 14.9. The first-order valence-electron chi connectivity index (χ1n) is 13.5. The SMILES string of the molecule is c1ccc(-c2c3ccccc3c(-c3nc(-c4ccc5ccccc5n4)nc4ccccc34)c3ccccc23)cc1. The molecule has 8 rings (SSSR count). The molecule has 186 valence electrons. The average Bonchev–Trinajstić information content (AvgIpc) is 3.03. The molecule has 0 bridgehead atoms. The summed E-state index contributed by atoms with van der Waals surface area (Å²) < 4.78 is 0. The highest BCUT2D eigenvalue weighted by molar-refractivity contribution is 6.22. The molecule has 3 nitrogen and oxygen atoms in total. The number of para-hydroxylation sites is 2. The zero-order chi connectivity index (χ0) is 26.5. The molecule has 0 amide bonds. The third kappa shape index (κ3) is 3.56. The van der Waals surface area contributed by atoms with Gasteiger partial charge in [0.15, 0.2) is 5.82 Å². The lowest BCUT2D eigenvalue weighted by Gasteiger charge is -2.18. The number of aromatic nitrogens is 3. The Labute approximate surface area is 231 Å². The Morgan fingerprint density at radius 2 is 0.900 bits per heavy atom. The molecule has 0 saturated heterocycles. The van der Waals surface area contributed by atoms with Crippen LogP contribution in [0.15, 0.2) is 140 Å². The molecule has 0 N–H and O–H groups in total. The molecule has 0 aliphatic heterocycles. The fraction of sp³-hybridized carbons (Fsp3) is 0. The van der Waals surface area contributed by atoms with Gasteiger partial charge in [-0.3, -0.25) is 0 Å². The summed E-state index contributed by atoms with van der Waals surface area (Å²) in [5.41, 5.74) is 7.08. The number of benzene rings is 6. The summed E-state index contributed by atoms with van der Waals surface area (Å²) in [5.74, 6) is 0.625. The summed E-state index contributed by atoms with van der Waals surface area (Å²) in [7, 11) is 0. The molecule has 0 spiro atoms. The van der Waals surface area contributed by atoms with Crippen LogP contribution in [0.1, 0.15) is 0 Å². The smallest absolute Gasteiger partial charge is 0.179 e. The quantitative estimate of drug-likeness (QED) is 0.223. The Morgan fingerprint density at radius 1 is 0.350 bits per heavy atom. The molecule has 3 heteroatoms. The van der Waals surface area contributed by atoms with E-state index in [0.717, 1.165) is 38.8 Å². The van der Waals surface area contributed by atoms with Crippen molar-refractivity contribution in [3.63, 3.8) is 0 Å². The predicted molar refractivity (Wildman–Crippen MR) is 166 cm³/mol. The van der Waals surface area contributed by atoms with Gasteiger partial charge >= 0.3 is 0 Å². The van der Waals surface area contributed by atoms with E-state index in [0.29, 0.717) is 5.82 Å². The summed E-state index contributed by atoms with van der Waals surface area (Å²) in [6.45, 7) is 0. The van der Waals surface area contributed by atoms with Gasteiger partial charge in [-0.15, -0.1) is 0 Å². The Morgan fingerprint density at radius 3 is 1.60 bits per heavy atom. The minimum absolute atomic E-state index is 0.625. The molecule has 8 aromatic rings. The van der Waals surface area contributed by atoms with Gasteiger partial charge in [0, 0.05) is 16.3 Å². The van der Waals surface area contributed by atoms with Crippen molar-refractivity contribution in [2.45, 2.75) is 0 Å². The van der Waals surface area contributed by atoms with Gasteiger partial charge < -0.3 is 0 Å². The number of hydrogen-bond donors (Lipinski definition) is 0. The Balaban J connectivity index is 1.50. The third-order valence-corrected chi connectivity index (χ3v) is 7.66. The topological polar surface area (TPSA) is 38.7 Å². The average molecular weight is 510 g/mol. The molecular formula is C37H23N3. The van der Waals surface area contributed by atoms with Crippen LogP contribution in [0.2, 0.25) is 0 Å². The van der Waals surface area contributed by atoms with Gasteiger partial charge in [0.1, 0.15) is 5.69 Å². The molecule has 0 fully saturated rings. The van der Waals surface area contributed by atoms with Crippen LogP contribution in [-0.2, 0) is 0 Å². The Hall–Kier alpha value is -5.41. The standard InChI is InChI=1S/C37H23N3/c1-2-13-25(14-3-1)34-26-15-5-7-17-28(26)35(29-18-8-6-16-27(29)34)36-30-19-9-11-21-32(30)39-37(40-36)33-23-22-24-12-4-10-20-31(24)38-33/h1-23H. The van der Waals surface area contributed by atoms with Crippen molar-refractivity contribution in [3.05, 3.63) is 140 Å². The van der Waals surface area contributed by atoms with E-state index in [9.17, 15) is 0 Å². The largest absolute Gasteiger partial charge is 0.244 e. The van der Waals surface area contributed by atoms with E-state index in [2.05, 4.69) is 109 Å². The fourth-order valence-corrected chi connectivity index (χ4v) is 5.87. The second-order valence-corrected chi connectivity index (χ2v) is 10.0. The maximum atomic E-state index is 5.28. The number of fused-ring (bicyclic) bond motifs is 4. The lowest BCUT2D eigenvalue weighted by atomic mass is 9.86. The van der Waals surface area contributed by atoms with Crippen molar-refractivity contribution in [1.82, 2.24) is 15.0 Å². The zero-order valence-electron chi connectivity index (χ0n) is 21.6. The summed E-state index contributed by atoms with van der Waals surface area (Å²) in [4.78, 5) is 15.2. The van der Waals surface area contributed by atoms with Crippen molar-refractivity contribution in [2.75, 3.05) is 0 Å². The first-order valence-corrected chi connectivity index (χ1v) is 13.5. The van der Waals surface area contributed by atoms with Gasteiger partial charge in [-0.25, -0.2) is 15.0 Å². The minimum Gasteiger partial charge on any atom is -0.244 e. The van der Waals surface area contributed by atoms with Crippen LogP contribution in [-0.4, -0.2) is 15.0 Å². The van der Waals surface area contributed by atoms with Crippen LogP contribution in [0, 0.1) is 0 Å². The first-order chi connectivity index (χ1) is 19.8. The van der Waals surface area contributed by atoms with E-state index >= 15 is 0 Å². The molecule has 0 atom stereocenters. The van der Waals surface area contributed by atoms with Gasteiger partial charge in [0.25, 0.3) is 0 Å². The van der Waals surface area contributed by atoms with Crippen LogP contribution < -0.4 is 0 Å². The van der Waals surface area contributed by atoms with E-state index in [-0.39, 0.29) is 0 Å². The lowest BCUT2D eigenvalue weighted by Crippen LogP contribution is -1.98. The lowest BCUT2D eigenvalue weighted by molar-refractivity contribution is 1.20. The summed E-state index contributed by atoms with van der Waals surface area (Å²) >= 11 is 0. The van der Waals surface area contributed by atoms with E-state index in [4.69, 9.17) is 15.0 Å².